The number of hydrogen-bond donors (Lipinski definition) is 0. The van der Waals surface area contributed by atoms with Crippen LogP contribution in [-0.4, -0.2) is 31.4 Å². The van der Waals surface area contributed by atoms with E-state index in [1.54, 1.807) is 18.2 Å². The fourth-order valence-corrected chi connectivity index (χ4v) is 2.94. The molecule has 0 bridgehead atoms. The van der Waals surface area contributed by atoms with Crippen molar-refractivity contribution in [1.29, 1.82) is 0 Å². The molecular weight excluding hydrogens is 454 g/mol. The third-order valence-electron chi connectivity index (χ3n) is 4.35. The summed E-state index contributed by atoms with van der Waals surface area (Å²) in [4.78, 5) is 12.3. The Morgan fingerprint density at radius 1 is 1.03 bits per heavy atom. The number of carbonyl (C=O) groups is 1. The normalized spacial score (nSPS) is 10.5. The van der Waals surface area contributed by atoms with Gasteiger partial charge in [0.15, 0.2) is 11.5 Å². The number of aryl methyl sites for hydroxylation is 2. The van der Waals surface area contributed by atoms with Crippen molar-refractivity contribution in [3.05, 3.63) is 69.5 Å². The SMILES string of the molecule is COc1cc(C(=O)OCCOc2ccc(Br)cc2)ccc1OCc1c(C)noc1C. The molecule has 0 saturated heterocycles. The zero-order chi connectivity index (χ0) is 21.5. The van der Waals surface area contributed by atoms with Gasteiger partial charge in [0.2, 0.25) is 0 Å². The number of halogens is 1. The van der Waals surface area contributed by atoms with Crippen molar-refractivity contribution in [2.75, 3.05) is 20.3 Å². The molecule has 0 spiro atoms. The Hall–Kier alpha value is -3.00. The molecule has 0 atom stereocenters. The number of ether oxygens (including phenoxy) is 4. The van der Waals surface area contributed by atoms with E-state index in [-0.39, 0.29) is 19.8 Å². The summed E-state index contributed by atoms with van der Waals surface area (Å²) in [7, 11) is 1.51. The average Bonchev–Trinajstić information content (AvgIpc) is 3.08. The molecular formula is C22H22BrNO6. The summed E-state index contributed by atoms with van der Waals surface area (Å²) in [5, 5.41) is 3.91. The second-order valence-electron chi connectivity index (χ2n) is 6.40. The summed E-state index contributed by atoms with van der Waals surface area (Å²) in [6.45, 7) is 4.35. The lowest BCUT2D eigenvalue weighted by Gasteiger charge is -2.12. The number of nitrogens with zero attached hydrogens (tertiary/aromatic N) is 1. The van der Waals surface area contributed by atoms with Crippen LogP contribution in [0.25, 0.3) is 0 Å². The predicted molar refractivity (Wildman–Crippen MR) is 113 cm³/mol. The second kappa shape index (κ2) is 10.2. The minimum atomic E-state index is -0.468. The van der Waals surface area contributed by atoms with Crippen LogP contribution in [0.4, 0.5) is 0 Å². The topological polar surface area (TPSA) is 80.0 Å². The smallest absolute Gasteiger partial charge is 0.338 e. The number of rotatable bonds is 9. The summed E-state index contributed by atoms with van der Waals surface area (Å²) in [5.74, 6) is 1.88. The summed E-state index contributed by atoms with van der Waals surface area (Å²) < 4.78 is 28.1. The third kappa shape index (κ3) is 5.54. The molecule has 0 aliphatic carbocycles. The number of methoxy groups -OCH3 is 1. The standard InChI is InChI=1S/C22H22BrNO6/c1-14-19(15(2)30-24-14)13-29-20-9-4-16(12-21(20)26-3)22(25)28-11-10-27-18-7-5-17(23)6-8-18/h4-9,12H,10-11,13H2,1-3H3. The maximum atomic E-state index is 12.3. The maximum absolute atomic E-state index is 12.3. The molecule has 1 heterocycles. The predicted octanol–water partition coefficient (Wildman–Crippen LogP) is 4.88. The molecule has 7 nitrogen and oxygen atoms in total. The van der Waals surface area contributed by atoms with Gasteiger partial charge in [-0.2, -0.15) is 0 Å². The van der Waals surface area contributed by atoms with E-state index in [4.69, 9.17) is 23.5 Å². The van der Waals surface area contributed by atoms with Gasteiger partial charge in [0, 0.05) is 4.47 Å². The lowest BCUT2D eigenvalue weighted by Crippen LogP contribution is -2.12. The molecule has 0 saturated carbocycles. The first kappa shape index (κ1) is 21.7. The molecule has 0 aliphatic rings. The lowest BCUT2D eigenvalue weighted by atomic mass is 10.2. The second-order valence-corrected chi connectivity index (χ2v) is 7.31. The largest absolute Gasteiger partial charge is 0.493 e. The number of benzene rings is 2. The summed E-state index contributed by atoms with van der Waals surface area (Å²) in [6, 6.07) is 12.3. The number of aromatic nitrogens is 1. The van der Waals surface area contributed by atoms with Crippen molar-refractivity contribution in [3.63, 3.8) is 0 Å². The van der Waals surface area contributed by atoms with Gasteiger partial charge < -0.3 is 23.5 Å². The fraction of sp³-hybridized carbons (Fsp3) is 0.273. The van der Waals surface area contributed by atoms with Crippen LogP contribution in [0.2, 0.25) is 0 Å². The van der Waals surface area contributed by atoms with Gasteiger partial charge in [0.05, 0.1) is 23.9 Å². The van der Waals surface area contributed by atoms with Crippen LogP contribution in [0.5, 0.6) is 17.2 Å². The molecule has 30 heavy (non-hydrogen) atoms. The van der Waals surface area contributed by atoms with Crippen LogP contribution in [0.1, 0.15) is 27.4 Å². The first-order chi connectivity index (χ1) is 14.5. The Morgan fingerprint density at radius 3 is 2.47 bits per heavy atom. The first-order valence-corrected chi connectivity index (χ1v) is 10.1. The van der Waals surface area contributed by atoms with Crippen molar-refractivity contribution in [2.24, 2.45) is 0 Å². The highest BCUT2D eigenvalue weighted by atomic mass is 79.9. The van der Waals surface area contributed by atoms with E-state index in [0.29, 0.717) is 28.6 Å². The van der Waals surface area contributed by atoms with Crippen LogP contribution in [0.15, 0.2) is 51.5 Å². The van der Waals surface area contributed by atoms with Gasteiger partial charge in [-0.1, -0.05) is 21.1 Å². The molecule has 2 aromatic carbocycles. The summed E-state index contributed by atoms with van der Waals surface area (Å²) >= 11 is 3.36. The Balaban J connectivity index is 1.54. The van der Waals surface area contributed by atoms with Gasteiger partial charge >= 0.3 is 5.97 Å². The third-order valence-corrected chi connectivity index (χ3v) is 4.88. The van der Waals surface area contributed by atoms with Gasteiger partial charge in [-0.05, 0) is 56.3 Å². The Morgan fingerprint density at radius 2 is 1.80 bits per heavy atom. The zero-order valence-corrected chi connectivity index (χ0v) is 18.5. The van der Waals surface area contributed by atoms with Crippen LogP contribution in [-0.2, 0) is 11.3 Å². The molecule has 0 aliphatic heterocycles. The summed E-state index contributed by atoms with van der Waals surface area (Å²) in [5.41, 5.74) is 2.02. The first-order valence-electron chi connectivity index (χ1n) is 9.26. The minimum absolute atomic E-state index is 0.126. The molecule has 0 fully saturated rings. The van der Waals surface area contributed by atoms with E-state index >= 15 is 0 Å². The lowest BCUT2D eigenvalue weighted by molar-refractivity contribution is 0.0450. The van der Waals surface area contributed by atoms with Crippen LogP contribution in [0, 0.1) is 13.8 Å². The average molecular weight is 476 g/mol. The van der Waals surface area contributed by atoms with Crippen molar-refractivity contribution in [2.45, 2.75) is 20.5 Å². The molecule has 3 aromatic rings. The molecule has 158 valence electrons. The van der Waals surface area contributed by atoms with Gasteiger partial charge in [-0.15, -0.1) is 0 Å². The van der Waals surface area contributed by atoms with E-state index in [2.05, 4.69) is 21.1 Å². The molecule has 0 N–H and O–H groups in total. The quantitative estimate of drug-likeness (QED) is 0.322. The highest BCUT2D eigenvalue weighted by Gasteiger charge is 2.15. The molecule has 1 aromatic heterocycles. The number of hydrogen-bond acceptors (Lipinski definition) is 7. The monoisotopic (exact) mass is 475 g/mol. The number of esters is 1. The van der Waals surface area contributed by atoms with Crippen LogP contribution < -0.4 is 14.2 Å². The zero-order valence-electron chi connectivity index (χ0n) is 16.9. The minimum Gasteiger partial charge on any atom is -0.493 e. The molecule has 0 unspecified atom stereocenters. The highest BCUT2D eigenvalue weighted by Crippen LogP contribution is 2.29. The van der Waals surface area contributed by atoms with E-state index in [9.17, 15) is 4.79 Å². The van der Waals surface area contributed by atoms with Gasteiger partial charge in [0.1, 0.15) is 31.3 Å². The molecule has 3 rings (SSSR count). The van der Waals surface area contributed by atoms with E-state index in [1.165, 1.54) is 7.11 Å². The van der Waals surface area contributed by atoms with Gasteiger partial charge in [0.25, 0.3) is 0 Å². The maximum Gasteiger partial charge on any atom is 0.338 e. The van der Waals surface area contributed by atoms with Crippen LogP contribution in [0.3, 0.4) is 0 Å². The highest BCUT2D eigenvalue weighted by molar-refractivity contribution is 9.10. The van der Waals surface area contributed by atoms with Crippen molar-refractivity contribution < 1.29 is 28.3 Å². The van der Waals surface area contributed by atoms with E-state index in [0.717, 1.165) is 15.7 Å². The molecule has 8 heteroatoms. The summed E-state index contributed by atoms with van der Waals surface area (Å²) in [6.07, 6.45) is 0. The van der Waals surface area contributed by atoms with Crippen molar-refractivity contribution >= 4 is 21.9 Å². The van der Waals surface area contributed by atoms with Crippen molar-refractivity contribution in [1.82, 2.24) is 5.16 Å². The Labute approximate surface area is 183 Å². The Kier molecular flexibility index (Phi) is 7.35. The van der Waals surface area contributed by atoms with Gasteiger partial charge in [-0.3, -0.25) is 0 Å². The van der Waals surface area contributed by atoms with Crippen LogP contribution >= 0.6 is 15.9 Å². The molecule has 0 radical (unpaired) electrons. The molecule has 0 amide bonds. The van der Waals surface area contributed by atoms with Gasteiger partial charge in [-0.25, -0.2) is 4.79 Å². The van der Waals surface area contributed by atoms with E-state index < -0.39 is 5.97 Å². The van der Waals surface area contributed by atoms with E-state index in [1.807, 2.05) is 38.1 Å². The van der Waals surface area contributed by atoms with Crippen molar-refractivity contribution in [3.8, 4) is 17.2 Å². The number of carbonyl (C=O) groups excluding carboxylic acids is 1. The fourth-order valence-electron chi connectivity index (χ4n) is 2.68. The Bertz CT molecular complexity index is 980.